The molecule has 2 aromatic heterocycles. The Kier molecular flexibility index (Phi) is 5.38. The third-order valence-corrected chi connectivity index (χ3v) is 6.85. The van der Waals surface area contributed by atoms with Gasteiger partial charge in [-0.15, -0.1) is 28.2 Å². The third-order valence-electron chi connectivity index (χ3n) is 4.76. The molecule has 1 atom stereocenters. The quantitative estimate of drug-likeness (QED) is 0.547. The van der Waals surface area contributed by atoms with Gasteiger partial charge >= 0.3 is 0 Å². The number of hydrogen-bond acceptors (Lipinski definition) is 6. The number of aromatic nitrogens is 3. The maximum atomic E-state index is 12.3. The van der Waals surface area contributed by atoms with Crippen molar-refractivity contribution in [1.82, 2.24) is 25.6 Å². The van der Waals surface area contributed by atoms with Crippen LogP contribution in [0.5, 0.6) is 0 Å². The standard InChI is InChI=1S/C17H23N5OS2/c23-17(18-7-9-24-16-10-19-21-20-16)15-6-5-14(25-15)13-2-1-8-22(13)11-12-3-4-12/h5-6,10,12-13H,1-4,7-9,11H2,(H,18,23)(H,19,20,21)/t13-/m1/s1. The molecular formula is C17H23N5OS2. The molecule has 6 nitrogen and oxygen atoms in total. The predicted molar refractivity (Wildman–Crippen MR) is 100 cm³/mol. The zero-order valence-corrected chi connectivity index (χ0v) is 15.7. The number of amides is 1. The Morgan fingerprint density at radius 3 is 3.12 bits per heavy atom. The molecule has 0 spiro atoms. The summed E-state index contributed by atoms with van der Waals surface area (Å²) in [6.07, 6.45) is 6.98. The summed E-state index contributed by atoms with van der Waals surface area (Å²) in [4.78, 5) is 17.1. The van der Waals surface area contributed by atoms with Crippen LogP contribution in [0.3, 0.4) is 0 Å². The predicted octanol–water partition coefficient (Wildman–Crippen LogP) is 2.94. The van der Waals surface area contributed by atoms with Crippen molar-refractivity contribution in [2.24, 2.45) is 5.92 Å². The summed E-state index contributed by atoms with van der Waals surface area (Å²) in [5.41, 5.74) is 0. The fourth-order valence-corrected chi connectivity index (χ4v) is 5.06. The molecule has 134 valence electrons. The Morgan fingerprint density at radius 1 is 1.40 bits per heavy atom. The van der Waals surface area contributed by atoms with E-state index >= 15 is 0 Å². The van der Waals surface area contributed by atoms with Gasteiger partial charge in [-0.1, -0.05) is 0 Å². The molecule has 2 N–H and O–H groups in total. The van der Waals surface area contributed by atoms with Gasteiger partial charge in [0.2, 0.25) is 0 Å². The number of nitrogens with zero attached hydrogens (tertiary/aromatic N) is 3. The van der Waals surface area contributed by atoms with E-state index in [4.69, 9.17) is 0 Å². The molecule has 2 fully saturated rings. The van der Waals surface area contributed by atoms with Gasteiger partial charge in [0.15, 0.2) is 0 Å². The smallest absolute Gasteiger partial charge is 0.261 e. The summed E-state index contributed by atoms with van der Waals surface area (Å²) >= 11 is 3.24. The zero-order valence-electron chi connectivity index (χ0n) is 14.1. The number of carbonyl (C=O) groups excluding carboxylic acids is 1. The molecule has 1 saturated carbocycles. The number of nitrogens with one attached hydrogen (secondary N) is 2. The lowest BCUT2D eigenvalue weighted by Crippen LogP contribution is -2.25. The lowest BCUT2D eigenvalue weighted by molar-refractivity contribution is 0.0960. The number of aromatic amines is 1. The van der Waals surface area contributed by atoms with E-state index in [1.54, 1.807) is 29.3 Å². The van der Waals surface area contributed by atoms with Crippen molar-refractivity contribution in [3.05, 3.63) is 28.1 Å². The van der Waals surface area contributed by atoms with Crippen molar-refractivity contribution < 1.29 is 4.79 Å². The Labute approximate surface area is 155 Å². The minimum absolute atomic E-state index is 0.0312. The fourth-order valence-electron chi connectivity index (χ4n) is 3.32. The van der Waals surface area contributed by atoms with E-state index in [9.17, 15) is 4.79 Å². The average Bonchev–Trinajstić information content (AvgIpc) is 3.04. The van der Waals surface area contributed by atoms with Gasteiger partial charge in [-0.05, 0) is 50.3 Å². The number of rotatable bonds is 8. The van der Waals surface area contributed by atoms with Crippen molar-refractivity contribution in [3.8, 4) is 0 Å². The van der Waals surface area contributed by atoms with Gasteiger partial charge in [-0.2, -0.15) is 10.3 Å². The molecule has 2 aromatic rings. The van der Waals surface area contributed by atoms with E-state index in [0.29, 0.717) is 12.6 Å². The molecule has 3 heterocycles. The van der Waals surface area contributed by atoms with Crippen LogP contribution < -0.4 is 5.32 Å². The number of hydrogen-bond donors (Lipinski definition) is 2. The molecule has 0 radical (unpaired) electrons. The number of thioether (sulfide) groups is 1. The second kappa shape index (κ2) is 7.88. The lowest BCUT2D eigenvalue weighted by Gasteiger charge is -2.23. The van der Waals surface area contributed by atoms with Crippen LogP contribution in [0.1, 0.15) is 46.3 Å². The van der Waals surface area contributed by atoms with Crippen LogP contribution in [0.2, 0.25) is 0 Å². The molecule has 4 rings (SSSR count). The van der Waals surface area contributed by atoms with Gasteiger partial charge in [0.05, 0.1) is 11.1 Å². The summed E-state index contributed by atoms with van der Waals surface area (Å²) < 4.78 is 0. The second-order valence-electron chi connectivity index (χ2n) is 6.71. The highest BCUT2D eigenvalue weighted by Gasteiger charge is 2.32. The van der Waals surface area contributed by atoms with Crippen molar-refractivity contribution in [1.29, 1.82) is 0 Å². The normalized spacial score (nSPS) is 20.9. The van der Waals surface area contributed by atoms with Crippen LogP contribution >= 0.6 is 23.1 Å². The summed E-state index contributed by atoms with van der Waals surface area (Å²) in [6.45, 7) is 3.07. The van der Waals surface area contributed by atoms with E-state index < -0.39 is 0 Å². The molecule has 1 aliphatic heterocycles. The topological polar surface area (TPSA) is 73.9 Å². The van der Waals surface area contributed by atoms with Gasteiger partial charge in [-0.25, -0.2) is 0 Å². The van der Waals surface area contributed by atoms with Gasteiger partial charge in [0, 0.05) is 29.8 Å². The first-order chi connectivity index (χ1) is 12.3. The first-order valence-corrected chi connectivity index (χ1v) is 10.7. The van der Waals surface area contributed by atoms with E-state index in [1.165, 1.54) is 43.6 Å². The molecule has 1 aliphatic carbocycles. The van der Waals surface area contributed by atoms with Crippen molar-refractivity contribution >= 4 is 29.0 Å². The van der Waals surface area contributed by atoms with E-state index in [1.807, 2.05) is 6.07 Å². The van der Waals surface area contributed by atoms with Crippen LogP contribution in [0, 0.1) is 5.92 Å². The van der Waals surface area contributed by atoms with Gasteiger partial charge < -0.3 is 5.32 Å². The highest BCUT2D eigenvalue weighted by molar-refractivity contribution is 7.99. The first-order valence-electron chi connectivity index (χ1n) is 8.90. The minimum atomic E-state index is 0.0312. The molecule has 1 amide bonds. The maximum Gasteiger partial charge on any atom is 0.261 e. The highest BCUT2D eigenvalue weighted by Crippen LogP contribution is 2.39. The van der Waals surface area contributed by atoms with Crippen LogP contribution in [-0.4, -0.2) is 51.6 Å². The lowest BCUT2D eigenvalue weighted by atomic mass is 10.2. The van der Waals surface area contributed by atoms with E-state index in [2.05, 4.69) is 31.7 Å². The number of thiophene rings is 1. The molecule has 8 heteroatoms. The molecule has 0 aromatic carbocycles. The van der Waals surface area contributed by atoms with Crippen molar-refractivity contribution in [2.45, 2.75) is 36.8 Å². The summed E-state index contributed by atoms with van der Waals surface area (Å²) in [7, 11) is 0. The Balaban J connectivity index is 1.27. The van der Waals surface area contributed by atoms with Crippen LogP contribution in [-0.2, 0) is 0 Å². The Morgan fingerprint density at radius 2 is 2.32 bits per heavy atom. The summed E-state index contributed by atoms with van der Waals surface area (Å²) in [5.74, 6) is 1.74. The van der Waals surface area contributed by atoms with Crippen molar-refractivity contribution in [2.75, 3.05) is 25.4 Å². The number of likely N-dealkylation sites (tertiary alicyclic amines) is 1. The van der Waals surface area contributed by atoms with Gasteiger partial charge in [-0.3, -0.25) is 9.69 Å². The van der Waals surface area contributed by atoms with Crippen LogP contribution in [0.15, 0.2) is 23.4 Å². The minimum Gasteiger partial charge on any atom is -0.350 e. The Hall–Kier alpha value is -1.38. The largest absolute Gasteiger partial charge is 0.350 e. The number of H-pyrrole nitrogens is 1. The number of carbonyl (C=O) groups is 1. The average molecular weight is 378 g/mol. The third kappa shape index (κ3) is 4.43. The fraction of sp³-hybridized carbons (Fsp3) is 0.588. The molecule has 25 heavy (non-hydrogen) atoms. The Bertz CT molecular complexity index is 698. The van der Waals surface area contributed by atoms with Crippen LogP contribution in [0.4, 0.5) is 0 Å². The highest BCUT2D eigenvalue weighted by atomic mass is 32.2. The van der Waals surface area contributed by atoms with E-state index in [-0.39, 0.29) is 5.91 Å². The van der Waals surface area contributed by atoms with Gasteiger partial charge in [0.1, 0.15) is 5.03 Å². The molecule has 0 bridgehead atoms. The summed E-state index contributed by atoms with van der Waals surface area (Å²) in [5, 5.41) is 14.2. The van der Waals surface area contributed by atoms with Gasteiger partial charge in [0.25, 0.3) is 5.91 Å². The summed E-state index contributed by atoms with van der Waals surface area (Å²) in [6, 6.07) is 4.66. The van der Waals surface area contributed by atoms with Crippen LogP contribution in [0.25, 0.3) is 0 Å². The molecule has 1 saturated heterocycles. The monoisotopic (exact) mass is 377 g/mol. The molecule has 0 unspecified atom stereocenters. The SMILES string of the molecule is O=C(NCCSc1cn[nH]n1)c1ccc([C@H]2CCCN2CC2CC2)s1. The van der Waals surface area contributed by atoms with E-state index in [0.717, 1.165) is 21.6 Å². The van der Waals surface area contributed by atoms with Crippen molar-refractivity contribution in [3.63, 3.8) is 0 Å². The first kappa shape index (κ1) is 17.1. The molecule has 2 aliphatic rings. The second-order valence-corrected chi connectivity index (χ2v) is 8.94. The maximum absolute atomic E-state index is 12.3. The zero-order chi connectivity index (χ0) is 17.1. The molecular weight excluding hydrogens is 354 g/mol.